The molecule has 1 aliphatic rings. The average Bonchev–Trinajstić information content (AvgIpc) is 3.25. The van der Waals surface area contributed by atoms with Crippen LogP contribution in [0.15, 0.2) is 48.9 Å². The van der Waals surface area contributed by atoms with E-state index in [2.05, 4.69) is 9.97 Å². The first-order chi connectivity index (χ1) is 11.7. The molecule has 5 nitrogen and oxygen atoms in total. The molecule has 6 heteroatoms. The van der Waals surface area contributed by atoms with Gasteiger partial charge in [0.2, 0.25) is 11.7 Å². The highest BCUT2D eigenvalue weighted by atomic mass is 35.5. The van der Waals surface area contributed by atoms with Crippen LogP contribution in [-0.2, 0) is 11.2 Å². The van der Waals surface area contributed by atoms with Crippen LogP contribution in [0.2, 0.25) is 5.02 Å². The molecule has 0 N–H and O–H groups in total. The van der Waals surface area contributed by atoms with Gasteiger partial charge in [-0.15, -0.1) is 0 Å². The highest BCUT2D eigenvalue weighted by Crippen LogP contribution is 2.32. The number of nitrogens with zero attached hydrogens (tertiary/aromatic N) is 4. The molecule has 4 rings (SSSR count). The molecule has 1 amide bonds. The Labute approximate surface area is 144 Å². The fourth-order valence-corrected chi connectivity index (χ4v) is 3.50. The van der Waals surface area contributed by atoms with Gasteiger partial charge in [-0.25, -0.2) is 9.97 Å². The molecule has 0 radical (unpaired) electrons. The summed E-state index contributed by atoms with van der Waals surface area (Å²) in [4.78, 5) is 23.3. The van der Waals surface area contributed by atoms with E-state index >= 15 is 0 Å². The van der Waals surface area contributed by atoms with Gasteiger partial charge in [-0.1, -0.05) is 23.7 Å². The van der Waals surface area contributed by atoms with E-state index in [9.17, 15) is 4.79 Å². The van der Waals surface area contributed by atoms with Crippen LogP contribution in [0.3, 0.4) is 0 Å². The second-order valence-corrected chi connectivity index (χ2v) is 6.45. The Hall–Kier alpha value is -2.40. The third-order valence-corrected chi connectivity index (χ3v) is 4.77. The molecule has 3 heterocycles. The average molecular weight is 341 g/mol. The molecular weight excluding hydrogens is 324 g/mol. The molecule has 1 aromatic carbocycles. The van der Waals surface area contributed by atoms with Crippen molar-refractivity contribution in [1.29, 1.82) is 0 Å². The quantitative estimate of drug-likeness (QED) is 0.735. The third kappa shape index (κ3) is 2.76. The zero-order valence-electron chi connectivity index (χ0n) is 13.1. The van der Waals surface area contributed by atoms with Crippen molar-refractivity contribution in [2.45, 2.75) is 25.3 Å². The van der Waals surface area contributed by atoms with Gasteiger partial charge in [-0.05, 0) is 36.6 Å². The van der Waals surface area contributed by atoms with E-state index in [4.69, 9.17) is 11.6 Å². The number of imidazole rings is 1. The number of hydrogen-bond acceptors (Lipinski definition) is 3. The molecule has 0 aliphatic carbocycles. The van der Waals surface area contributed by atoms with Gasteiger partial charge in [0.15, 0.2) is 0 Å². The summed E-state index contributed by atoms with van der Waals surface area (Å²) in [6.07, 6.45) is 7.77. The number of fused-ring (bicyclic) bond motifs is 1. The van der Waals surface area contributed by atoms with Crippen molar-refractivity contribution >= 4 is 23.3 Å². The molecule has 24 heavy (non-hydrogen) atoms. The summed E-state index contributed by atoms with van der Waals surface area (Å²) in [6.45, 7) is 0.787. The van der Waals surface area contributed by atoms with E-state index in [-0.39, 0.29) is 11.9 Å². The van der Waals surface area contributed by atoms with E-state index in [0.717, 1.165) is 30.6 Å². The van der Waals surface area contributed by atoms with Crippen molar-refractivity contribution in [1.82, 2.24) is 19.3 Å². The Balaban J connectivity index is 1.59. The number of hydrogen-bond donors (Lipinski definition) is 0. The molecule has 0 unspecified atom stereocenters. The maximum atomic E-state index is 12.8. The molecule has 0 spiro atoms. The number of rotatable bonds is 3. The molecule has 1 atom stereocenters. The highest BCUT2D eigenvalue weighted by molar-refractivity contribution is 6.30. The topological polar surface area (TPSA) is 50.5 Å². The van der Waals surface area contributed by atoms with E-state index in [1.54, 1.807) is 12.4 Å². The fraction of sp³-hybridized carbons (Fsp3) is 0.278. The first kappa shape index (κ1) is 15.1. The third-order valence-electron chi connectivity index (χ3n) is 4.52. The van der Waals surface area contributed by atoms with Gasteiger partial charge in [-0.3, -0.25) is 9.20 Å². The molecule has 2 aromatic heterocycles. The minimum atomic E-state index is 0.0736. The van der Waals surface area contributed by atoms with Crippen LogP contribution in [0.1, 0.15) is 30.1 Å². The maximum Gasteiger partial charge on any atom is 0.233 e. The molecule has 1 fully saturated rings. The Morgan fingerprint density at radius 3 is 2.79 bits per heavy atom. The maximum absolute atomic E-state index is 12.8. The minimum Gasteiger partial charge on any atom is -0.334 e. The number of carbonyl (C=O) groups excluding carboxylic acids is 1. The van der Waals surface area contributed by atoms with Gasteiger partial charge >= 0.3 is 0 Å². The van der Waals surface area contributed by atoms with Crippen LogP contribution >= 0.6 is 11.6 Å². The summed E-state index contributed by atoms with van der Waals surface area (Å²) >= 11 is 5.91. The molecular formula is C18H17ClN4O. The summed E-state index contributed by atoms with van der Waals surface area (Å²) in [7, 11) is 0. The number of halogens is 1. The largest absolute Gasteiger partial charge is 0.334 e. The highest BCUT2D eigenvalue weighted by Gasteiger charge is 2.31. The van der Waals surface area contributed by atoms with Crippen molar-refractivity contribution in [3.8, 4) is 0 Å². The second kappa shape index (κ2) is 6.24. The lowest BCUT2D eigenvalue weighted by Gasteiger charge is -2.25. The van der Waals surface area contributed by atoms with Crippen molar-refractivity contribution in [3.05, 3.63) is 65.2 Å². The van der Waals surface area contributed by atoms with Crippen LogP contribution in [0.4, 0.5) is 0 Å². The van der Waals surface area contributed by atoms with Crippen LogP contribution in [0.25, 0.3) is 5.78 Å². The van der Waals surface area contributed by atoms with E-state index in [1.165, 1.54) is 0 Å². The first-order valence-electron chi connectivity index (χ1n) is 8.04. The van der Waals surface area contributed by atoms with Gasteiger partial charge in [-0.2, -0.15) is 0 Å². The van der Waals surface area contributed by atoms with Crippen molar-refractivity contribution in [2.75, 3.05) is 6.54 Å². The van der Waals surface area contributed by atoms with Gasteiger partial charge in [0.25, 0.3) is 0 Å². The minimum absolute atomic E-state index is 0.0736. The van der Waals surface area contributed by atoms with Gasteiger partial charge in [0.1, 0.15) is 0 Å². The van der Waals surface area contributed by atoms with Crippen LogP contribution in [-0.4, -0.2) is 31.7 Å². The number of likely N-dealkylation sites (tertiary alicyclic amines) is 1. The van der Waals surface area contributed by atoms with E-state index in [0.29, 0.717) is 17.2 Å². The van der Waals surface area contributed by atoms with Gasteiger partial charge in [0.05, 0.1) is 12.5 Å². The standard InChI is InChI=1S/C18H17ClN4O/c19-14-5-3-13(4-6-14)12-17(24)22-10-1-2-15(22)16-7-8-20-18-21-9-11-23(16)18/h3-9,11,15H,1-2,10,12H2/t15-/m1/s1. The first-order valence-corrected chi connectivity index (χ1v) is 8.42. The molecule has 3 aromatic rings. The normalized spacial score (nSPS) is 17.5. The van der Waals surface area contributed by atoms with E-state index in [1.807, 2.05) is 45.8 Å². The van der Waals surface area contributed by atoms with Crippen LogP contribution in [0.5, 0.6) is 0 Å². The lowest BCUT2D eigenvalue weighted by atomic mass is 10.1. The summed E-state index contributed by atoms with van der Waals surface area (Å²) < 4.78 is 1.97. The summed E-state index contributed by atoms with van der Waals surface area (Å²) in [5.74, 6) is 0.814. The Bertz CT molecular complexity index is 874. The fourth-order valence-electron chi connectivity index (χ4n) is 3.38. The molecule has 0 bridgehead atoms. The summed E-state index contributed by atoms with van der Waals surface area (Å²) in [5.41, 5.74) is 2.05. The second-order valence-electron chi connectivity index (χ2n) is 6.02. The zero-order chi connectivity index (χ0) is 16.5. The molecule has 0 saturated carbocycles. The van der Waals surface area contributed by atoms with Crippen LogP contribution < -0.4 is 0 Å². The van der Waals surface area contributed by atoms with Crippen molar-refractivity contribution < 1.29 is 4.79 Å². The lowest BCUT2D eigenvalue weighted by Crippen LogP contribution is -2.32. The molecule has 1 aliphatic heterocycles. The number of amides is 1. The predicted octanol–water partition coefficient (Wildman–Crippen LogP) is 3.29. The predicted molar refractivity (Wildman–Crippen MR) is 91.8 cm³/mol. The summed E-state index contributed by atoms with van der Waals surface area (Å²) in [5, 5.41) is 0.685. The monoisotopic (exact) mass is 340 g/mol. The molecule has 1 saturated heterocycles. The SMILES string of the molecule is O=C(Cc1ccc(Cl)cc1)N1CCC[C@@H]1c1ccnc2nccn12. The van der Waals surface area contributed by atoms with Gasteiger partial charge < -0.3 is 4.90 Å². The Kier molecular flexibility index (Phi) is 3.94. The smallest absolute Gasteiger partial charge is 0.233 e. The Morgan fingerprint density at radius 2 is 1.96 bits per heavy atom. The number of carbonyl (C=O) groups is 1. The number of aromatic nitrogens is 3. The van der Waals surface area contributed by atoms with E-state index < -0.39 is 0 Å². The van der Waals surface area contributed by atoms with Gasteiger partial charge in [0, 0.05) is 35.9 Å². The Morgan fingerprint density at radius 1 is 1.17 bits per heavy atom. The van der Waals surface area contributed by atoms with Crippen molar-refractivity contribution in [3.63, 3.8) is 0 Å². The van der Waals surface area contributed by atoms with Crippen LogP contribution in [0, 0.1) is 0 Å². The number of benzene rings is 1. The lowest BCUT2D eigenvalue weighted by molar-refractivity contribution is -0.131. The molecule has 122 valence electrons. The zero-order valence-corrected chi connectivity index (χ0v) is 13.9. The summed E-state index contributed by atoms with van der Waals surface area (Å²) in [6, 6.07) is 9.52. The van der Waals surface area contributed by atoms with Crippen molar-refractivity contribution in [2.24, 2.45) is 0 Å².